The molecule has 0 aromatic heterocycles. The first-order valence-corrected chi connectivity index (χ1v) is 8.79. The number of amides is 1. The first-order chi connectivity index (χ1) is 11.6. The van der Waals surface area contributed by atoms with Crippen molar-refractivity contribution in [2.24, 2.45) is 0 Å². The van der Waals surface area contributed by atoms with Crippen LogP contribution in [0.2, 0.25) is 0 Å². The Kier molecular flexibility index (Phi) is 6.67. The number of halogens is 1. The molecule has 128 valence electrons. The molecular formula is C19H22BrNO3. The lowest BCUT2D eigenvalue weighted by Gasteiger charge is -2.14. The van der Waals surface area contributed by atoms with Crippen molar-refractivity contribution in [2.75, 3.05) is 19.0 Å². The van der Waals surface area contributed by atoms with Gasteiger partial charge in [0.25, 0.3) is 5.91 Å². The summed E-state index contributed by atoms with van der Waals surface area (Å²) in [4.78, 5) is 12.6. The molecule has 24 heavy (non-hydrogen) atoms. The molecule has 0 aliphatic heterocycles. The number of carbonyl (C=O) groups excluding carboxylic acids is 1. The first-order valence-electron chi connectivity index (χ1n) is 8.00. The van der Waals surface area contributed by atoms with Crippen molar-refractivity contribution in [2.45, 2.75) is 26.7 Å². The molecular weight excluding hydrogens is 370 g/mol. The van der Waals surface area contributed by atoms with Crippen molar-refractivity contribution < 1.29 is 14.3 Å². The van der Waals surface area contributed by atoms with Crippen LogP contribution in [-0.4, -0.2) is 19.6 Å². The van der Waals surface area contributed by atoms with E-state index in [0.717, 1.165) is 24.1 Å². The number of para-hydroxylation sites is 1. The van der Waals surface area contributed by atoms with E-state index < -0.39 is 0 Å². The molecule has 0 unspecified atom stereocenters. The number of nitrogens with one attached hydrogen (secondary N) is 1. The van der Waals surface area contributed by atoms with E-state index in [1.165, 1.54) is 0 Å². The molecule has 1 N–H and O–H groups in total. The van der Waals surface area contributed by atoms with Crippen molar-refractivity contribution in [3.63, 3.8) is 0 Å². The number of carbonyl (C=O) groups is 1. The minimum atomic E-state index is -0.183. The highest BCUT2D eigenvalue weighted by Crippen LogP contribution is 2.37. The van der Waals surface area contributed by atoms with Crippen LogP contribution >= 0.6 is 15.9 Å². The summed E-state index contributed by atoms with van der Waals surface area (Å²) in [5.74, 6) is 0.966. The summed E-state index contributed by atoms with van der Waals surface area (Å²) in [6.45, 7) is 4.68. The lowest BCUT2D eigenvalue weighted by Crippen LogP contribution is -2.13. The summed E-state index contributed by atoms with van der Waals surface area (Å²) in [6, 6.07) is 11.2. The third kappa shape index (κ3) is 4.29. The Morgan fingerprint density at radius 2 is 1.96 bits per heavy atom. The molecule has 2 aromatic carbocycles. The van der Waals surface area contributed by atoms with E-state index in [1.807, 2.05) is 31.2 Å². The molecule has 2 rings (SSSR count). The molecule has 0 aliphatic carbocycles. The van der Waals surface area contributed by atoms with Gasteiger partial charge in [-0.3, -0.25) is 4.79 Å². The molecule has 0 fully saturated rings. The molecule has 1 amide bonds. The number of hydrogen-bond donors (Lipinski definition) is 1. The van der Waals surface area contributed by atoms with Gasteiger partial charge in [0.2, 0.25) is 0 Å². The third-order valence-corrected chi connectivity index (χ3v) is 4.18. The number of ether oxygens (including phenoxy) is 2. The predicted molar refractivity (Wildman–Crippen MR) is 100 cm³/mol. The third-order valence-electron chi connectivity index (χ3n) is 3.59. The number of benzene rings is 2. The first kappa shape index (κ1) is 18.3. The lowest BCUT2D eigenvalue weighted by molar-refractivity contribution is 0.102. The topological polar surface area (TPSA) is 47.6 Å². The van der Waals surface area contributed by atoms with Gasteiger partial charge in [-0.1, -0.05) is 32.0 Å². The van der Waals surface area contributed by atoms with Gasteiger partial charge in [0.05, 0.1) is 18.2 Å². The Hall–Kier alpha value is -2.01. The van der Waals surface area contributed by atoms with Gasteiger partial charge in [-0.25, -0.2) is 0 Å². The second-order valence-corrected chi connectivity index (χ2v) is 6.16. The normalized spacial score (nSPS) is 10.3. The number of aryl methyl sites for hydroxylation is 1. The van der Waals surface area contributed by atoms with Crippen LogP contribution in [0.5, 0.6) is 11.5 Å². The fraction of sp³-hybridized carbons (Fsp3) is 0.316. The van der Waals surface area contributed by atoms with Gasteiger partial charge in [0.15, 0.2) is 11.5 Å². The quantitative estimate of drug-likeness (QED) is 0.717. The van der Waals surface area contributed by atoms with E-state index in [4.69, 9.17) is 9.47 Å². The second kappa shape index (κ2) is 8.73. The standard InChI is InChI=1S/C19H22BrNO3/c1-4-10-24-18-15(20)11-14(12-17(18)23-3)19(22)21-16-9-7-6-8-13(16)5-2/h6-9,11-12H,4-5,10H2,1-3H3,(H,21,22). The molecule has 0 heterocycles. The molecule has 0 saturated heterocycles. The lowest BCUT2D eigenvalue weighted by atomic mass is 10.1. The van der Waals surface area contributed by atoms with Gasteiger partial charge in [-0.05, 0) is 52.5 Å². The van der Waals surface area contributed by atoms with Gasteiger partial charge in [0.1, 0.15) is 0 Å². The van der Waals surface area contributed by atoms with Crippen LogP contribution in [0, 0.1) is 0 Å². The van der Waals surface area contributed by atoms with Crippen LogP contribution in [0.15, 0.2) is 40.9 Å². The maximum atomic E-state index is 12.6. The highest BCUT2D eigenvalue weighted by atomic mass is 79.9. The van der Waals surface area contributed by atoms with Gasteiger partial charge in [-0.2, -0.15) is 0 Å². The highest BCUT2D eigenvalue weighted by molar-refractivity contribution is 9.10. The minimum absolute atomic E-state index is 0.183. The summed E-state index contributed by atoms with van der Waals surface area (Å²) in [7, 11) is 1.56. The van der Waals surface area contributed by atoms with Crippen LogP contribution in [0.1, 0.15) is 36.2 Å². The molecule has 0 atom stereocenters. The summed E-state index contributed by atoms with van der Waals surface area (Å²) in [5, 5.41) is 2.96. The number of methoxy groups -OCH3 is 1. The van der Waals surface area contributed by atoms with Gasteiger partial charge in [0, 0.05) is 11.3 Å². The Bertz CT molecular complexity index is 716. The van der Waals surface area contributed by atoms with Crippen molar-refractivity contribution in [3.8, 4) is 11.5 Å². The largest absolute Gasteiger partial charge is 0.493 e. The van der Waals surface area contributed by atoms with Crippen molar-refractivity contribution in [3.05, 3.63) is 52.0 Å². The molecule has 0 aliphatic rings. The zero-order valence-electron chi connectivity index (χ0n) is 14.2. The fourth-order valence-corrected chi connectivity index (χ4v) is 2.90. The Balaban J connectivity index is 2.28. The molecule has 5 heteroatoms. The van der Waals surface area contributed by atoms with Crippen LogP contribution in [0.4, 0.5) is 5.69 Å². The fourth-order valence-electron chi connectivity index (χ4n) is 2.34. The Labute approximate surface area is 151 Å². The molecule has 0 bridgehead atoms. The molecule has 2 aromatic rings. The van der Waals surface area contributed by atoms with Crippen LogP contribution < -0.4 is 14.8 Å². The van der Waals surface area contributed by atoms with Gasteiger partial charge in [-0.15, -0.1) is 0 Å². The zero-order chi connectivity index (χ0) is 17.5. The SMILES string of the molecule is CCCOc1c(Br)cc(C(=O)Nc2ccccc2CC)cc1OC. The van der Waals surface area contributed by atoms with Crippen LogP contribution in [0.25, 0.3) is 0 Å². The number of anilines is 1. The van der Waals surface area contributed by atoms with E-state index in [-0.39, 0.29) is 5.91 Å². The summed E-state index contributed by atoms with van der Waals surface area (Å²) in [6.07, 6.45) is 1.75. The average Bonchev–Trinajstić information content (AvgIpc) is 2.60. The van der Waals surface area contributed by atoms with Crippen LogP contribution in [0.3, 0.4) is 0 Å². The van der Waals surface area contributed by atoms with Gasteiger partial charge >= 0.3 is 0 Å². The van der Waals surface area contributed by atoms with E-state index in [0.29, 0.717) is 28.1 Å². The van der Waals surface area contributed by atoms with Crippen molar-refractivity contribution in [1.29, 1.82) is 0 Å². The van der Waals surface area contributed by atoms with Crippen LogP contribution in [-0.2, 0) is 6.42 Å². The maximum absolute atomic E-state index is 12.6. The molecule has 0 spiro atoms. The molecule has 4 nitrogen and oxygen atoms in total. The summed E-state index contributed by atoms with van der Waals surface area (Å²) in [5.41, 5.74) is 2.43. The Morgan fingerprint density at radius 3 is 2.62 bits per heavy atom. The van der Waals surface area contributed by atoms with Crippen molar-refractivity contribution >= 4 is 27.5 Å². The second-order valence-electron chi connectivity index (χ2n) is 5.30. The van der Waals surface area contributed by atoms with Crippen molar-refractivity contribution in [1.82, 2.24) is 0 Å². The average molecular weight is 392 g/mol. The maximum Gasteiger partial charge on any atom is 0.255 e. The minimum Gasteiger partial charge on any atom is -0.493 e. The summed E-state index contributed by atoms with van der Waals surface area (Å²) < 4.78 is 11.8. The van der Waals surface area contributed by atoms with E-state index in [1.54, 1.807) is 19.2 Å². The van der Waals surface area contributed by atoms with E-state index in [9.17, 15) is 4.79 Å². The molecule has 0 radical (unpaired) electrons. The number of rotatable bonds is 7. The molecule has 0 saturated carbocycles. The summed E-state index contributed by atoms with van der Waals surface area (Å²) >= 11 is 3.47. The predicted octanol–water partition coefficient (Wildman–Crippen LogP) is 5.06. The highest BCUT2D eigenvalue weighted by Gasteiger charge is 2.16. The van der Waals surface area contributed by atoms with E-state index in [2.05, 4.69) is 28.2 Å². The number of hydrogen-bond acceptors (Lipinski definition) is 3. The van der Waals surface area contributed by atoms with E-state index >= 15 is 0 Å². The monoisotopic (exact) mass is 391 g/mol. The smallest absolute Gasteiger partial charge is 0.255 e. The van der Waals surface area contributed by atoms with Gasteiger partial charge < -0.3 is 14.8 Å². The Morgan fingerprint density at radius 1 is 1.21 bits per heavy atom. The zero-order valence-corrected chi connectivity index (χ0v) is 15.8.